The van der Waals surface area contributed by atoms with Gasteiger partial charge in [0.25, 0.3) is 9.05 Å². The minimum atomic E-state index is -3.68. The van der Waals surface area contributed by atoms with Crippen molar-refractivity contribution in [2.24, 2.45) is 0 Å². The highest BCUT2D eigenvalue weighted by molar-refractivity contribution is 8.13. The van der Waals surface area contributed by atoms with Crippen molar-refractivity contribution in [3.8, 4) is 11.1 Å². The van der Waals surface area contributed by atoms with Crippen molar-refractivity contribution in [1.82, 2.24) is 0 Å². The predicted molar refractivity (Wildman–Crippen MR) is 79.1 cm³/mol. The van der Waals surface area contributed by atoms with Crippen molar-refractivity contribution in [2.45, 2.75) is 25.7 Å². The van der Waals surface area contributed by atoms with Crippen molar-refractivity contribution in [3.63, 3.8) is 0 Å². The molecule has 2 aromatic carbocycles. The molecule has 2 nitrogen and oxygen atoms in total. The molecule has 0 spiro atoms. The number of benzene rings is 2. The van der Waals surface area contributed by atoms with Crippen LogP contribution in [0.25, 0.3) is 11.1 Å². The summed E-state index contributed by atoms with van der Waals surface area (Å²) < 4.78 is 22.8. The van der Waals surface area contributed by atoms with Crippen LogP contribution in [0.15, 0.2) is 41.3 Å². The summed E-state index contributed by atoms with van der Waals surface area (Å²) in [7, 11) is 1.71. The molecular weight excluding hydrogens is 280 g/mol. The Hall–Kier alpha value is -1.32. The summed E-state index contributed by atoms with van der Waals surface area (Å²) in [4.78, 5) is 0.170. The van der Waals surface area contributed by atoms with Crippen molar-refractivity contribution >= 4 is 19.7 Å². The van der Waals surface area contributed by atoms with E-state index in [1.165, 1.54) is 5.56 Å². The van der Waals surface area contributed by atoms with Gasteiger partial charge in [-0.05, 0) is 49.1 Å². The topological polar surface area (TPSA) is 34.1 Å². The van der Waals surface area contributed by atoms with Crippen molar-refractivity contribution in [2.75, 3.05) is 0 Å². The summed E-state index contributed by atoms with van der Waals surface area (Å²) in [6.45, 7) is 5.83. The van der Waals surface area contributed by atoms with Gasteiger partial charge in [0.15, 0.2) is 0 Å². The average Bonchev–Trinajstić information content (AvgIpc) is 2.30. The SMILES string of the molecule is Cc1ccc(C)c(-c2ccc(S(=O)(=O)Cl)c(C)c2)c1. The van der Waals surface area contributed by atoms with E-state index in [-0.39, 0.29) is 4.90 Å². The van der Waals surface area contributed by atoms with E-state index in [0.29, 0.717) is 5.56 Å². The van der Waals surface area contributed by atoms with Gasteiger partial charge in [-0.25, -0.2) is 8.42 Å². The zero-order valence-corrected chi connectivity index (χ0v) is 12.6. The number of aryl methyl sites for hydroxylation is 3. The van der Waals surface area contributed by atoms with Crippen LogP contribution in [-0.2, 0) is 9.05 Å². The van der Waals surface area contributed by atoms with Crippen LogP contribution in [0, 0.1) is 20.8 Å². The highest BCUT2D eigenvalue weighted by Crippen LogP contribution is 2.29. The first-order valence-corrected chi connectivity index (χ1v) is 8.23. The first-order chi connectivity index (χ1) is 8.79. The molecule has 19 heavy (non-hydrogen) atoms. The molecule has 0 bridgehead atoms. The lowest BCUT2D eigenvalue weighted by Crippen LogP contribution is -1.95. The van der Waals surface area contributed by atoms with Gasteiger partial charge in [-0.2, -0.15) is 0 Å². The van der Waals surface area contributed by atoms with Gasteiger partial charge in [0, 0.05) is 10.7 Å². The molecule has 0 saturated carbocycles. The molecule has 0 heterocycles. The average molecular weight is 295 g/mol. The normalized spacial score (nSPS) is 11.6. The largest absolute Gasteiger partial charge is 0.261 e. The molecule has 0 atom stereocenters. The van der Waals surface area contributed by atoms with Crippen LogP contribution in [-0.4, -0.2) is 8.42 Å². The molecule has 0 saturated heterocycles. The quantitative estimate of drug-likeness (QED) is 0.778. The third-order valence-corrected chi connectivity index (χ3v) is 4.62. The van der Waals surface area contributed by atoms with E-state index >= 15 is 0 Å². The zero-order chi connectivity index (χ0) is 14.2. The molecule has 0 radical (unpaired) electrons. The van der Waals surface area contributed by atoms with Gasteiger partial charge in [0.2, 0.25) is 0 Å². The molecule has 0 unspecified atom stereocenters. The Morgan fingerprint density at radius 3 is 2.16 bits per heavy atom. The third-order valence-electron chi connectivity index (χ3n) is 3.14. The lowest BCUT2D eigenvalue weighted by atomic mass is 9.97. The number of halogens is 1. The Morgan fingerprint density at radius 1 is 0.895 bits per heavy atom. The molecule has 0 aliphatic heterocycles. The number of hydrogen-bond acceptors (Lipinski definition) is 2. The maximum absolute atomic E-state index is 11.4. The van der Waals surface area contributed by atoms with E-state index in [2.05, 4.69) is 18.2 Å². The van der Waals surface area contributed by atoms with Gasteiger partial charge in [-0.1, -0.05) is 35.9 Å². The summed E-state index contributed by atoms with van der Waals surface area (Å²) in [6, 6.07) is 11.4. The van der Waals surface area contributed by atoms with Crippen molar-refractivity contribution < 1.29 is 8.42 Å². The first kappa shape index (κ1) is 14.1. The van der Waals surface area contributed by atoms with E-state index in [1.807, 2.05) is 19.9 Å². The van der Waals surface area contributed by atoms with Crippen LogP contribution in [0.3, 0.4) is 0 Å². The molecule has 100 valence electrons. The fourth-order valence-corrected chi connectivity index (χ4v) is 3.33. The second kappa shape index (κ2) is 4.99. The van der Waals surface area contributed by atoms with Gasteiger partial charge >= 0.3 is 0 Å². The Morgan fingerprint density at radius 2 is 1.58 bits per heavy atom. The lowest BCUT2D eigenvalue weighted by Gasteiger charge is -2.10. The molecule has 0 aliphatic rings. The fourth-order valence-electron chi connectivity index (χ4n) is 2.14. The first-order valence-electron chi connectivity index (χ1n) is 5.92. The van der Waals surface area contributed by atoms with E-state index in [9.17, 15) is 8.42 Å². The Balaban J connectivity index is 2.60. The van der Waals surface area contributed by atoms with Gasteiger partial charge in [-0.15, -0.1) is 0 Å². The van der Waals surface area contributed by atoms with E-state index in [4.69, 9.17) is 10.7 Å². The highest BCUT2D eigenvalue weighted by Gasteiger charge is 2.14. The zero-order valence-electron chi connectivity index (χ0n) is 11.1. The summed E-state index contributed by atoms with van der Waals surface area (Å²) in [6.07, 6.45) is 0. The van der Waals surface area contributed by atoms with Crippen molar-refractivity contribution in [1.29, 1.82) is 0 Å². The summed E-state index contributed by atoms with van der Waals surface area (Å²) in [5.41, 5.74) is 5.11. The van der Waals surface area contributed by atoms with Gasteiger partial charge in [0.05, 0.1) is 4.90 Å². The van der Waals surface area contributed by atoms with Crippen LogP contribution < -0.4 is 0 Å². The molecule has 4 heteroatoms. The molecule has 2 aromatic rings. The van der Waals surface area contributed by atoms with Crippen LogP contribution in [0.4, 0.5) is 0 Å². The van der Waals surface area contributed by atoms with Crippen LogP contribution in [0.5, 0.6) is 0 Å². The van der Waals surface area contributed by atoms with E-state index in [0.717, 1.165) is 16.7 Å². The van der Waals surface area contributed by atoms with Crippen LogP contribution >= 0.6 is 10.7 Å². The molecule has 0 fully saturated rings. The van der Waals surface area contributed by atoms with E-state index < -0.39 is 9.05 Å². The number of hydrogen-bond donors (Lipinski definition) is 0. The van der Waals surface area contributed by atoms with Crippen LogP contribution in [0.1, 0.15) is 16.7 Å². The summed E-state index contributed by atoms with van der Waals surface area (Å²) in [5, 5.41) is 0. The molecule has 0 aliphatic carbocycles. The second-order valence-corrected chi connectivity index (χ2v) is 7.27. The molecule has 0 amide bonds. The standard InChI is InChI=1S/C15H15ClO2S/c1-10-4-5-11(2)14(8-10)13-6-7-15(12(3)9-13)19(16,17)18/h4-9H,1-3H3. The fraction of sp³-hybridized carbons (Fsp3) is 0.200. The molecular formula is C15H15ClO2S. The Labute approximate surface area is 118 Å². The molecule has 0 N–H and O–H groups in total. The molecule has 0 aromatic heterocycles. The van der Waals surface area contributed by atoms with E-state index in [1.54, 1.807) is 19.1 Å². The Bertz CT molecular complexity index is 734. The minimum absolute atomic E-state index is 0.170. The second-order valence-electron chi connectivity index (χ2n) is 4.74. The van der Waals surface area contributed by atoms with Gasteiger partial charge in [-0.3, -0.25) is 0 Å². The maximum Gasteiger partial charge on any atom is 0.261 e. The van der Waals surface area contributed by atoms with Gasteiger partial charge < -0.3 is 0 Å². The van der Waals surface area contributed by atoms with Crippen LogP contribution in [0.2, 0.25) is 0 Å². The smallest absolute Gasteiger partial charge is 0.207 e. The minimum Gasteiger partial charge on any atom is -0.207 e. The third kappa shape index (κ3) is 2.99. The maximum atomic E-state index is 11.4. The van der Waals surface area contributed by atoms with Crippen molar-refractivity contribution in [3.05, 3.63) is 53.1 Å². The lowest BCUT2D eigenvalue weighted by molar-refractivity contribution is 0.609. The summed E-state index contributed by atoms with van der Waals surface area (Å²) >= 11 is 0. The van der Waals surface area contributed by atoms with Gasteiger partial charge in [0.1, 0.15) is 0 Å². The predicted octanol–water partition coefficient (Wildman–Crippen LogP) is 4.21. The number of rotatable bonds is 2. The highest BCUT2D eigenvalue weighted by atomic mass is 35.7. The summed E-state index contributed by atoms with van der Waals surface area (Å²) in [5.74, 6) is 0. The molecule has 2 rings (SSSR count). The monoisotopic (exact) mass is 294 g/mol. The Kier molecular flexibility index (Phi) is 3.70.